The molecular weight excluding hydrogens is 314 g/mol. The van der Waals surface area contributed by atoms with Crippen LogP contribution in [0.4, 0.5) is 0 Å². The predicted octanol–water partition coefficient (Wildman–Crippen LogP) is -0.581. The Morgan fingerprint density at radius 3 is 1.57 bits per heavy atom. The van der Waals surface area contributed by atoms with Crippen LogP contribution in [0, 0.1) is 0 Å². The molecule has 14 heavy (non-hydrogen) atoms. The molecule has 0 aliphatic heterocycles. The minimum absolute atomic E-state index is 0.0477. The fraction of sp³-hybridized carbons (Fsp3) is 0.750. The van der Waals surface area contributed by atoms with Crippen molar-refractivity contribution in [2.75, 3.05) is 13.1 Å². The van der Waals surface area contributed by atoms with E-state index in [4.69, 9.17) is 0 Å². The van der Waals surface area contributed by atoms with E-state index in [0.717, 1.165) is 23.7 Å². The Kier molecular flexibility index (Phi) is 9.52. The van der Waals surface area contributed by atoms with Crippen LogP contribution >= 0.6 is 0 Å². The summed E-state index contributed by atoms with van der Waals surface area (Å²) in [6, 6.07) is 0. The van der Waals surface area contributed by atoms with Crippen LogP contribution in [0.2, 0.25) is 10.6 Å². The van der Waals surface area contributed by atoms with Crippen molar-refractivity contribution in [2.45, 2.75) is 24.5 Å². The van der Waals surface area contributed by atoms with Crippen LogP contribution in [0.5, 0.6) is 0 Å². The molecule has 0 atom stereocenters. The molecule has 82 valence electrons. The number of rotatable bonds is 7. The third-order valence-electron chi connectivity index (χ3n) is 1.20. The Morgan fingerprint density at radius 2 is 1.29 bits per heavy atom. The molecule has 0 unspecified atom stereocenters. The van der Waals surface area contributed by atoms with Gasteiger partial charge in [-0.15, -0.1) is 0 Å². The zero-order valence-corrected chi connectivity index (χ0v) is 11.9. The van der Waals surface area contributed by atoms with Gasteiger partial charge >= 0.3 is 95.9 Å². The molecule has 0 aromatic rings. The standard InChI is InChI=1S/C8H16N2O2Se2/c1-7(11)9-3-5-13-14-6-4-10-8(2)12/h3-6H2,1-2H3,(H,9,11)(H,10,12). The van der Waals surface area contributed by atoms with E-state index in [1.807, 2.05) is 0 Å². The Morgan fingerprint density at radius 1 is 0.929 bits per heavy atom. The zero-order valence-electron chi connectivity index (χ0n) is 8.46. The van der Waals surface area contributed by atoms with E-state index in [1.54, 1.807) is 0 Å². The van der Waals surface area contributed by atoms with Gasteiger partial charge in [0.15, 0.2) is 0 Å². The Balaban J connectivity index is 2.99. The summed E-state index contributed by atoms with van der Waals surface area (Å²) in [5.74, 6) is 0.0955. The average molecular weight is 330 g/mol. The van der Waals surface area contributed by atoms with E-state index < -0.39 is 0 Å². The first kappa shape index (κ1) is 14.0. The SMILES string of the molecule is CC(=O)NCC[Se][Se]CCNC(C)=O. The van der Waals surface area contributed by atoms with Gasteiger partial charge in [0.25, 0.3) is 0 Å². The summed E-state index contributed by atoms with van der Waals surface area (Å²) in [5.41, 5.74) is 0. The molecule has 0 aromatic heterocycles. The van der Waals surface area contributed by atoms with Crippen molar-refractivity contribution in [3.05, 3.63) is 0 Å². The molecular formula is C8H16N2O2Se2. The van der Waals surface area contributed by atoms with Crippen molar-refractivity contribution in [3.63, 3.8) is 0 Å². The fourth-order valence-corrected chi connectivity index (χ4v) is 6.31. The van der Waals surface area contributed by atoms with E-state index >= 15 is 0 Å². The quantitative estimate of drug-likeness (QED) is 0.485. The first-order valence-electron chi connectivity index (χ1n) is 4.36. The Bertz CT molecular complexity index is 168. The van der Waals surface area contributed by atoms with Gasteiger partial charge in [-0.25, -0.2) is 0 Å². The maximum absolute atomic E-state index is 10.5. The number of nitrogens with one attached hydrogen (secondary N) is 2. The summed E-state index contributed by atoms with van der Waals surface area (Å²) in [6.07, 6.45) is 0. The summed E-state index contributed by atoms with van der Waals surface area (Å²) in [7, 11) is 0. The first-order valence-corrected chi connectivity index (χ1v) is 11.1. The molecule has 4 nitrogen and oxygen atoms in total. The van der Waals surface area contributed by atoms with Crippen molar-refractivity contribution in [1.29, 1.82) is 0 Å². The predicted molar refractivity (Wildman–Crippen MR) is 58.5 cm³/mol. The molecule has 0 heterocycles. The molecule has 2 N–H and O–H groups in total. The van der Waals surface area contributed by atoms with Crippen LogP contribution in [0.15, 0.2) is 0 Å². The number of carbonyl (C=O) groups is 2. The van der Waals surface area contributed by atoms with Crippen molar-refractivity contribution < 1.29 is 9.59 Å². The summed E-state index contributed by atoms with van der Waals surface area (Å²) in [5, 5.41) is 7.75. The van der Waals surface area contributed by atoms with E-state index in [9.17, 15) is 9.59 Å². The minimum atomic E-state index is 0.0477. The molecule has 0 spiro atoms. The normalized spacial score (nSPS) is 9.57. The number of amides is 2. The van der Waals surface area contributed by atoms with Gasteiger partial charge in [-0.05, 0) is 0 Å². The van der Waals surface area contributed by atoms with Crippen LogP contribution in [-0.2, 0) is 9.59 Å². The topological polar surface area (TPSA) is 58.2 Å². The van der Waals surface area contributed by atoms with E-state index in [-0.39, 0.29) is 11.8 Å². The molecule has 0 saturated heterocycles. The van der Waals surface area contributed by atoms with Crippen LogP contribution < -0.4 is 10.6 Å². The van der Waals surface area contributed by atoms with Crippen molar-refractivity contribution >= 4 is 38.1 Å². The molecule has 0 radical (unpaired) electrons. The van der Waals surface area contributed by atoms with Gasteiger partial charge in [0.05, 0.1) is 0 Å². The summed E-state index contributed by atoms with van der Waals surface area (Å²) >= 11 is 1.29. The molecule has 0 rings (SSSR count). The number of carbonyl (C=O) groups excluding carboxylic acids is 2. The van der Waals surface area contributed by atoms with Crippen LogP contribution in [0.1, 0.15) is 13.8 Å². The van der Waals surface area contributed by atoms with Gasteiger partial charge in [0.2, 0.25) is 0 Å². The number of hydrogen-bond acceptors (Lipinski definition) is 2. The van der Waals surface area contributed by atoms with E-state index in [0.29, 0.717) is 26.3 Å². The molecule has 0 fully saturated rings. The van der Waals surface area contributed by atoms with E-state index in [1.165, 1.54) is 13.8 Å². The van der Waals surface area contributed by atoms with Crippen LogP contribution in [-0.4, -0.2) is 51.2 Å². The summed E-state index contributed by atoms with van der Waals surface area (Å²) in [6.45, 7) is 4.68. The maximum atomic E-state index is 10.5. The molecule has 0 bridgehead atoms. The molecule has 0 aromatic carbocycles. The zero-order chi connectivity index (χ0) is 10.8. The van der Waals surface area contributed by atoms with Crippen molar-refractivity contribution in [3.8, 4) is 0 Å². The van der Waals surface area contributed by atoms with Gasteiger partial charge in [0.1, 0.15) is 0 Å². The van der Waals surface area contributed by atoms with Crippen LogP contribution in [0.3, 0.4) is 0 Å². The Hall–Kier alpha value is -0.0210. The third kappa shape index (κ3) is 12.0. The van der Waals surface area contributed by atoms with Gasteiger partial charge in [-0.3, -0.25) is 0 Å². The van der Waals surface area contributed by atoms with E-state index in [2.05, 4.69) is 10.6 Å². The van der Waals surface area contributed by atoms with Gasteiger partial charge in [-0.1, -0.05) is 0 Å². The fourth-order valence-electron chi connectivity index (χ4n) is 0.655. The number of hydrogen-bond donors (Lipinski definition) is 2. The van der Waals surface area contributed by atoms with Gasteiger partial charge in [0, 0.05) is 0 Å². The van der Waals surface area contributed by atoms with Gasteiger partial charge in [-0.2, -0.15) is 0 Å². The monoisotopic (exact) mass is 332 g/mol. The second kappa shape index (κ2) is 9.53. The summed E-state index contributed by atoms with van der Waals surface area (Å²) in [4.78, 5) is 21.0. The molecule has 0 aliphatic rings. The second-order valence-electron chi connectivity index (χ2n) is 2.61. The van der Waals surface area contributed by atoms with Crippen molar-refractivity contribution in [2.24, 2.45) is 0 Å². The van der Waals surface area contributed by atoms with Crippen molar-refractivity contribution in [1.82, 2.24) is 10.6 Å². The second-order valence-corrected chi connectivity index (χ2v) is 10.5. The molecule has 0 aliphatic carbocycles. The van der Waals surface area contributed by atoms with Crippen LogP contribution in [0.25, 0.3) is 0 Å². The third-order valence-corrected chi connectivity index (χ3v) is 8.56. The summed E-state index contributed by atoms with van der Waals surface area (Å²) < 4.78 is 0. The molecule has 2 amide bonds. The first-order chi connectivity index (χ1) is 6.63. The molecule has 0 saturated carbocycles. The Labute approximate surface area is 95.8 Å². The molecule has 6 heteroatoms. The average Bonchev–Trinajstić information content (AvgIpc) is 2.08. The van der Waals surface area contributed by atoms with Gasteiger partial charge < -0.3 is 0 Å².